The van der Waals surface area contributed by atoms with Crippen molar-refractivity contribution in [3.8, 4) is 0 Å². The van der Waals surface area contributed by atoms with Crippen molar-refractivity contribution in [3.05, 3.63) is 29.8 Å². The van der Waals surface area contributed by atoms with Crippen molar-refractivity contribution in [2.45, 2.75) is 80.2 Å². The molecule has 34 heavy (non-hydrogen) atoms. The van der Waals surface area contributed by atoms with E-state index in [0.717, 1.165) is 37.5 Å². The average molecular weight is 489 g/mol. The molecule has 8 rings (SSSR count). The number of hydrogen-bond donors (Lipinski definition) is 1. The molecule has 5 aliphatic carbocycles. The minimum absolute atomic E-state index is 0.392. The standard InChI is InChI=1S/C26H36N2O5S/c29-34(30,28-11-9-27-10-12-28)24-3-1-20(2-4-24)21-5-7-25(8-6-21)31-26(33-32-25)22-14-18-13-19(16-22)17-23(26)15-18/h1-4,18-19,21-23,27H,5-17H2. The number of hydrogen-bond acceptors (Lipinski definition) is 6. The Labute approximate surface area is 202 Å². The zero-order valence-corrected chi connectivity index (χ0v) is 20.6. The van der Waals surface area contributed by atoms with E-state index in [4.69, 9.17) is 14.5 Å². The van der Waals surface area contributed by atoms with Gasteiger partial charge in [0.25, 0.3) is 0 Å². The molecule has 7 fully saturated rings. The number of ether oxygens (including phenoxy) is 1. The Hall–Kier alpha value is -1.03. The summed E-state index contributed by atoms with van der Waals surface area (Å²) in [5.41, 5.74) is 1.21. The van der Waals surface area contributed by atoms with Crippen LogP contribution in [0.4, 0.5) is 0 Å². The summed E-state index contributed by atoms with van der Waals surface area (Å²) < 4.78 is 34.3. The highest BCUT2D eigenvalue weighted by Gasteiger charge is 2.66. The first-order chi connectivity index (χ1) is 16.5. The molecule has 2 aliphatic heterocycles. The summed E-state index contributed by atoms with van der Waals surface area (Å²) in [4.78, 5) is 12.6. The summed E-state index contributed by atoms with van der Waals surface area (Å²) in [5, 5.41) is 3.21. The predicted octanol–water partition coefficient (Wildman–Crippen LogP) is 3.77. The minimum atomic E-state index is -3.42. The fourth-order valence-electron chi connectivity index (χ4n) is 8.13. The van der Waals surface area contributed by atoms with Crippen LogP contribution >= 0.6 is 0 Å². The van der Waals surface area contributed by atoms with Crippen LogP contribution in [0.2, 0.25) is 0 Å². The molecule has 2 saturated heterocycles. The topological polar surface area (TPSA) is 77.1 Å². The number of benzene rings is 1. The number of rotatable bonds is 3. The lowest BCUT2D eigenvalue weighted by molar-refractivity contribution is -0.390. The zero-order chi connectivity index (χ0) is 23.0. The van der Waals surface area contributed by atoms with Crippen molar-refractivity contribution in [1.82, 2.24) is 9.62 Å². The van der Waals surface area contributed by atoms with Gasteiger partial charge in [0, 0.05) is 50.9 Å². The van der Waals surface area contributed by atoms with Gasteiger partial charge in [0.2, 0.25) is 21.6 Å². The van der Waals surface area contributed by atoms with Gasteiger partial charge in [0.15, 0.2) is 0 Å². The summed E-state index contributed by atoms with van der Waals surface area (Å²) >= 11 is 0. The van der Waals surface area contributed by atoms with Crippen molar-refractivity contribution < 1.29 is 22.9 Å². The van der Waals surface area contributed by atoms with Gasteiger partial charge in [-0.3, -0.25) is 0 Å². The van der Waals surface area contributed by atoms with Crippen LogP contribution in [-0.4, -0.2) is 50.5 Å². The molecule has 0 unspecified atom stereocenters. The molecule has 7 aliphatic rings. The van der Waals surface area contributed by atoms with Crippen molar-refractivity contribution in [3.63, 3.8) is 0 Å². The van der Waals surface area contributed by atoms with E-state index in [0.29, 0.717) is 48.8 Å². The highest BCUT2D eigenvalue weighted by Crippen LogP contribution is 2.64. The number of piperazine rings is 1. The van der Waals surface area contributed by atoms with E-state index < -0.39 is 21.6 Å². The molecule has 0 atom stereocenters. The lowest BCUT2D eigenvalue weighted by atomic mass is 9.53. The van der Waals surface area contributed by atoms with Gasteiger partial charge in [-0.25, -0.2) is 8.42 Å². The second-order valence-corrected chi connectivity index (χ2v) is 13.6. The minimum Gasteiger partial charge on any atom is -0.314 e. The van der Waals surface area contributed by atoms with Crippen LogP contribution in [0.25, 0.3) is 0 Å². The molecule has 0 radical (unpaired) electrons. The Morgan fingerprint density at radius 2 is 1.47 bits per heavy atom. The van der Waals surface area contributed by atoms with Gasteiger partial charge in [-0.2, -0.15) is 14.1 Å². The fraction of sp³-hybridized carbons (Fsp3) is 0.769. The molecular formula is C26H36N2O5S. The number of nitrogens with one attached hydrogen (secondary N) is 1. The highest BCUT2D eigenvalue weighted by molar-refractivity contribution is 7.89. The monoisotopic (exact) mass is 488 g/mol. The third kappa shape index (κ3) is 3.44. The van der Waals surface area contributed by atoms with E-state index in [1.807, 2.05) is 12.1 Å². The molecule has 1 N–H and O–H groups in total. The molecule has 7 nitrogen and oxygen atoms in total. The summed E-state index contributed by atoms with van der Waals surface area (Å²) in [7, 11) is -3.42. The average Bonchev–Trinajstić information content (AvgIpc) is 3.23. The molecule has 1 aromatic rings. The molecule has 4 bridgehead atoms. The molecule has 1 aromatic carbocycles. The Bertz CT molecular complexity index is 1000. The maximum atomic E-state index is 12.9. The van der Waals surface area contributed by atoms with Crippen LogP contribution < -0.4 is 5.32 Å². The van der Waals surface area contributed by atoms with Crippen LogP contribution in [0.15, 0.2) is 29.2 Å². The van der Waals surface area contributed by atoms with Gasteiger partial charge >= 0.3 is 0 Å². The van der Waals surface area contributed by atoms with E-state index in [2.05, 4.69) is 5.32 Å². The van der Waals surface area contributed by atoms with Crippen molar-refractivity contribution in [1.29, 1.82) is 0 Å². The molecule has 2 heterocycles. The van der Waals surface area contributed by atoms with Gasteiger partial charge < -0.3 is 10.1 Å². The van der Waals surface area contributed by atoms with E-state index in [-0.39, 0.29) is 0 Å². The molecule has 186 valence electrons. The van der Waals surface area contributed by atoms with E-state index in [1.54, 1.807) is 16.4 Å². The number of sulfonamides is 1. The first kappa shape index (κ1) is 22.2. The smallest absolute Gasteiger partial charge is 0.243 e. The fourth-order valence-corrected chi connectivity index (χ4v) is 9.57. The summed E-state index contributed by atoms with van der Waals surface area (Å²) in [6, 6.07) is 7.58. The molecule has 5 saturated carbocycles. The SMILES string of the molecule is O=S(=O)(c1ccc(C2CCC3(CC2)OOC2(O3)C3CC4CC(C3)CC2C4)cc1)N1CCNCC1. The third-order valence-electron chi connectivity index (χ3n) is 9.76. The molecule has 8 heteroatoms. The van der Waals surface area contributed by atoms with Crippen molar-refractivity contribution in [2.75, 3.05) is 26.2 Å². The first-order valence-corrected chi connectivity index (χ1v) is 14.8. The second kappa shape index (κ2) is 7.98. The lowest BCUT2D eigenvalue weighted by Crippen LogP contribution is -2.59. The van der Waals surface area contributed by atoms with Gasteiger partial charge in [-0.05, 0) is 80.4 Å². The number of nitrogens with zero attached hydrogens (tertiary/aromatic N) is 1. The van der Waals surface area contributed by atoms with Crippen LogP contribution in [0.5, 0.6) is 0 Å². The van der Waals surface area contributed by atoms with E-state index in [1.165, 1.54) is 37.7 Å². The Kier molecular flexibility index (Phi) is 5.21. The zero-order valence-electron chi connectivity index (χ0n) is 19.8. The van der Waals surface area contributed by atoms with Crippen LogP contribution in [-0.2, 0) is 24.5 Å². The predicted molar refractivity (Wildman–Crippen MR) is 125 cm³/mol. The lowest BCUT2D eigenvalue weighted by Gasteiger charge is -2.57. The summed E-state index contributed by atoms with van der Waals surface area (Å²) in [6.45, 7) is 2.47. The van der Waals surface area contributed by atoms with Crippen molar-refractivity contribution >= 4 is 10.0 Å². The van der Waals surface area contributed by atoms with E-state index >= 15 is 0 Å². The maximum Gasteiger partial charge on any atom is 0.243 e. The first-order valence-electron chi connectivity index (χ1n) is 13.3. The van der Waals surface area contributed by atoms with Crippen LogP contribution in [0.1, 0.15) is 69.3 Å². The molecular weight excluding hydrogens is 452 g/mol. The second-order valence-electron chi connectivity index (χ2n) is 11.7. The van der Waals surface area contributed by atoms with E-state index in [9.17, 15) is 8.42 Å². The molecule has 0 aromatic heterocycles. The highest BCUT2D eigenvalue weighted by atomic mass is 32.2. The quantitative estimate of drug-likeness (QED) is 0.653. The largest absolute Gasteiger partial charge is 0.314 e. The third-order valence-corrected chi connectivity index (χ3v) is 11.7. The Balaban J connectivity index is 1.02. The normalized spacial score (nSPS) is 44.3. The van der Waals surface area contributed by atoms with Crippen LogP contribution in [0, 0.1) is 23.7 Å². The summed E-state index contributed by atoms with van der Waals surface area (Å²) in [5.74, 6) is 2.01. The molecule has 0 amide bonds. The Morgan fingerprint density at radius 3 is 2.09 bits per heavy atom. The van der Waals surface area contributed by atoms with Crippen molar-refractivity contribution in [2.24, 2.45) is 23.7 Å². The molecule has 2 spiro atoms. The maximum absolute atomic E-state index is 12.9. The van der Waals surface area contributed by atoms with Gasteiger partial charge in [-0.15, -0.1) is 0 Å². The Morgan fingerprint density at radius 1 is 0.853 bits per heavy atom. The van der Waals surface area contributed by atoms with Gasteiger partial charge in [-0.1, -0.05) is 12.1 Å². The van der Waals surface area contributed by atoms with Gasteiger partial charge in [0.05, 0.1) is 4.90 Å². The van der Waals surface area contributed by atoms with Gasteiger partial charge in [0.1, 0.15) is 0 Å². The van der Waals surface area contributed by atoms with Crippen LogP contribution in [0.3, 0.4) is 0 Å². The summed E-state index contributed by atoms with van der Waals surface area (Å²) in [6.07, 6.45) is 9.92.